The smallest absolute Gasteiger partial charge is 0.240 e. The van der Waals surface area contributed by atoms with E-state index in [0.29, 0.717) is 19.0 Å². The Bertz CT molecular complexity index is 231. The highest BCUT2D eigenvalue weighted by Gasteiger charge is 2.25. The molecule has 2 rings (SSSR count). The van der Waals surface area contributed by atoms with Crippen LogP contribution < -0.4 is 5.32 Å². The second-order valence-electron chi connectivity index (χ2n) is 4.29. The molecule has 0 unspecified atom stereocenters. The molecule has 0 atom stereocenters. The van der Waals surface area contributed by atoms with Gasteiger partial charge in [-0.25, -0.2) is 0 Å². The summed E-state index contributed by atoms with van der Waals surface area (Å²) in [6.45, 7) is 1.70. The van der Waals surface area contributed by atoms with Gasteiger partial charge in [0.15, 0.2) is 0 Å². The summed E-state index contributed by atoms with van der Waals surface area (Å²) in [6.07, 6.45) is 5.12. The van der Waals surface area contributed by atoms with Crippen LogP contribution in [0.1, 0.15) is 25.7 Å². The van der Waals surface area contributed by atoms with E-state index in [-0.39, 0.29) is 11.8 Å². The maximum absolute atomic E-state index is 11.1. The Kier molecular flexibility index (Phi) is 2.82. The van der Waals surface area contributed by atoms with Crippen LogP contribution in [-0.2, 0) is 9.59 Å². The van der Waals surface area contributed by atoms with Crippen molar-refractivity contribution in [2.45, 2.75) is 25.7 Å². The summed E-state index contributed by atoms with van der Waals surface area (Å²) in [5, 5.41) is 2.31. The molecule has 0 aromatic heterocycles. The topological polar surface area (TPSA) is 49.4 Å². The third-order valence-corrected chi connectivity index (χ3v) is 3.00. The number of hydrogen-bond donors (Lipinski definition) is 1. The molecule has 2 amide bonds. The number of hydrogen-bond acceptors (Lipinski definition) is 3. The quantitative estimate of drug-likeness (QED) is 0.639. The SMILES string of the molecule is O=C1CN(CC2CCCC2)CC(=O)N1. The van der Waals surface area contributed by atoms with Crippen molar-refractivity contribution in [2.75, 3.05) is 19.6 Å². The highest BCUT2D eigenvalue weighted by Crippen LogP contribution is 2.25. The number of nitrogens with zero attached hydrogens (tertiary/aromatic N) is 1. The van der Waals surface area contributed by atoms with Gasteiger partial charge in [-0.1, -0.05) is 12.8 Å². The Hall–Kier alpha value is -0.900. The zero-order valence-corrected chi connectivity index (χ0v) is 8.29. The van der Waals surface area contributed by atoms with Gasteiger partial charge in [-0.15, -0.1) is 0 Å². The fourth-order valence-corrected chi connectivity index (χ4v) is 2.38. The lowest BCUT2D eigenvalue weighted by Gasteiger charge is -2.27. The molecular formula is C10H16N2O2. The van der Waals surface area contributed by atoms with Crippen LogP contribution in [0.2, 0.25) is 0 Å². The molecule has 4 nitrogen and oxygen atoms in total. The number of piperazine rings is 1. The minimum absolute atomic E-state index is 0.153. The Morgan fingerprint density at radius 2 is 1.71 bits per heavy atom. The third kappa shape index (κ3) is 2.32. The average Bonchev–Trinajstić information content (AvgIpc) is 2.54. The predicted molar refractivity (Wildman–Crippen MR) is 51.5 cm³/mol. The van der Waals surface area contributed by atoms with Crippen LogP contribution >= 0.6 is 0 Å². The molecule has 0 bridgehead atoms. The van der Waals surface area contributed by atoms with Crippen LogP contribution in [0.25, 0.3) is 0 Å². The van der Waals surface area contributed by atoms with Gasteiger partial charge in [0.25, 0.3) is 0 Å². The van der Waals surface area contributed by atoms with Crippen LogP contribution in [0.3, 0.4) is 0 Å². The second kappa shape index (κ2) is 4.09. The molecule has 1 aliphatic heterocycles. The van der Waals surface area contributed by atoms with Gasteiger partial charge in [0.2, 0.25) is 11.8 Å². The van der Waals surface area contributed by atoms with Gasteiger partial charge < -0.3 is 0 Å². The number of carbonyl (C=O) groups is 2. The first-order chi connectivity index (χ1) is 6.74. The van der Waals surface area contributed by atoms with Crippen molar-refractivity contribution < 1.29 is 9.59 Å². The van der Waals surface area contributed by atoms with Crippen LogP contribution in [-0.4, -0.2) is 36.3 Å². The molecule has 1 N–H and O–H groups in total. The van der Waals surface area contributed by atoms with Gasteiger partial charge in [-0.3, -0.25) is 19.8 Å². The number of carbonyl (C=O) groups excluding carboxylic acids is 2. The van der Waals surface area contributed by atoms with Gasteiger partial charge in [0, 0.05) is 6.54 Å². The molecule has 1 heterocycles. The summed E-state index contributed by atoms with van der Waals surface area (Å²) in [5.41, 5.74) is 0. The largest absolute Gasteiger partial charge is 0.294 e. The van der Waals surface area contributed by atoms with Gasteiger partial charge in [-0.2, -0.15) is 0 Å². The van der Waals surface area contributed by atoms with E-state index in [0.717, 1.165) is 6.54 Å². The van der Waals surface area contributed by atoms with E-state index in [9.17, 15) is 9.59 Å². The molecule has 0 spiro atoms. The summed E-state index contributed by atoms with van der Waals surface area (Å²) >= 11 is 0. The lowest BCUT2D eigenvalue weighted by Crippen LogP contribution is -2.52. The molecule has 0 radical (unpaired) electrons. The van der Waals surface area contributed by atoms with Crippen LogP contribution in [0, 0.1) is 5.92 Å². The van der Waals surface area contributed by atoms with E-state index >= 15 is 0 Å². The van der Waals surface area contributed by atoms with Crippen molar-refractivity contribution in [3.8, 4) is 0 Å². The van der Waals surface area contributed by atoms with E-state index in [1.54, 1.807) is 0 Å². The fourth-order valence-electron chi connectivity index (χ4n) is 2.38. The lowest BCUT2D eigenvalue weighted by molar-refractivity contribution is -0.136. The van der Waals surface area contributed by atoms with Gasteiger partial charge in [-0.05, 0) is 18.8 Å². The first-order valence-corrected chi connectivity index (χ1v) is 5.29. The maximum atomic E-state index is 11.1. The number of nitrogens with one attached hydrogen (secondary N) is 1. The molecule has 0 aromatic rings. The molecule has 1 saturated carbocycles. The highest BCUT2D eigenvalue weighted by atomic mass is 16.2. The monoisotopic (exact) mass is 196 g/mol. The van der Waals surface area contributed by atoms with E-state index < -0.39 is 0 Å². The van der Waals surface area contributed by atoms with Gasteiger partial charge in [0.05, 0.1) is 13.1 Å². The zero-order valence-electron chi connectivity index (χ0n) is 8.29. The highest BCUT2D eigenvalue weighted by molar-refractivity contribution is 5.99. The molecule has 0 aromatic carbocycles. The zero-order chi connectivity index (χ0) is 9.97. The Labute approximate surface area is 83.6 Å². The molecular weight excluding hydrogens is 180 g/mol. The normalized spacial score (nSPS) is 25.4. The first-order valence-electron chi connectivity index (χ1n) is 5.29. The maximum Gasteiger partial charge on any atom is 0.240 e. The third-order valence-electron chi connectivity index (χ3n) is 3.00. The summed E-state index contributed by atoms with van der Waals surface area (Å²) < 4.78 is 0. The number of imide groups is 1. The molecule has 78 valence electrons. The number of amides is 2. The summed E-state index contributed by atoms with van der Waals surface area (Å²) in [5.74, 6) is 0.396. The van der Waals surface area contributed by atoms with Crippen LogP contribution in [0.15, 0.2) is 0 Å². The van der Waals surface area contributed by atoms with E-state index in [1.165, 1.54) is 25.7 Å². The molecule has 1 saturated heterocycles. The molecule has 2 aliphatic rings. The van der Waals surface area contributed by atoms with Gasteiger partial charge in [0.1, 0.15) is 0 Å². The van der Waals surface area contributed by atoms with Crippen molar-refractivity contribution in [3.63, 3.8) is 0 Å². The minimum Gasteiger partial charge on any atom is -0.294 e. The van der Waals surface area contributed by atoms with Crippen molar-refractivity contribution in [1.29, 1.82) is 0 Å². The van der Waals surface area contributed by atoms with Crippen LogP contribution in [0.5, 0.6) is 0 Å². The standard InChI is InChI=1S/C10H16N2O2/c13-9-6-12(7-10(14)11-9)5-8-3-1-2-4-8/h8H,1-7H2,(H,11,13,14). The Morgan fingerprint density at radius 3 is 2.29 bits per heavy atom. The minimum atomic E-state index is -0.153. The fraction of sp³-hybridized carbons (Fsp3) is 0.800. The first kappa shape index (κ1) is 9.65. The van der Waals surface area contributed by atoms with Crippen molar-refractivity contribution in [3.05, 3.63) is 0 Å². The Balaban J connectivity index is 1.84. The van der Waals surface area contributed by atoms with E-state index in [1.807, 2.05) is 4.90 Å². The second-order valence-corrected chi connectivity index (χ2v) is 4.29. The van der Waals surface area contributed by atoms with Crippen molar-refractivity contribution in [1.82, 2.24) is 10.2 Å². The average molecular weight is 196 g/mol. The molecule has 2 fully saturated rings. The van der Waals surface area contributed by atoms with Crippen LogP contribution in [0.4, 0.5) is 0 Å². The summed E-state index contributed by atoms with van der Waals surface area (Å²) in [6, 6.07) is 0. The van der Waals surface area contributed by atoms with Crippen molar-refractivity contribution in [2.24, 2.45) is 5.92 Å². The van der Waals surface area contributed by atoms with E-state index in [2.05, 4.69) is 5.32 Å². The lowest BCUT2D eigenvalue weighted by atomic mass is 10.1. The summed E-state index contributed by atoms with van der Waals surface area (Å²) in [4.78, 5) is 24.1. The van der Waals surface area contributed by atoms with E-state index in [4.69, 9.17) is 0 Å². The summed E-state index contributed by atoms with van der Waals surface area (Å²) in [7, 11) is 0. The predicted octanol–water partition coefficient (Wildman–Crippen LogP) is 0.135. The number of rotatable bonds is 2. The van der Waals surface area contributed by atoms with Gasteiger partial charge >= 0.3 is 0 Å². The molecule has 1 aliphatic carbocycles. The molecule has 14 heavy (non-hydrogen) atoms. The van der Waals surface area contributed by atoms with Crippen molar-refractivity contribution >= 4 is 11.8 Å². The Morgan fingerprint density at radius 1 is 1.14 bits per heavy atom. The molecule has 4 heteroatoms.